The van der Waals surface area contributed by atoms with Crippen LogP contribution in [0.25, 0.3) is 0 Å². The molecule has 0 saturated carbocycles. The van der Waals surface area contributed by atoms with E-state index in [4.69, 9.17) is 20.4 Å². The lowest BCUT2D eigenvalue weighted by Gasteiger charge is -2.38. The van der Waals surface area contributed by atoms with Crippen LogP contribution in [0.5, 0.6) is 0 Å². The molecule has 0 radical (unpaired) electrons. The molecule has 4 N–H and O–H groups in total. The summed E-state index contributed by atoms with van der Waals surface area (Å²) in [6.07, 6.45) is 4.62. The minimum atomic E-state index is -1.18. The number of urea groups is 1. The van der Waals surface area contributed by atoms with Gasteiger partial charge in [-0.25, -0.2) is 24.2 Å². The van der Waals surface area contributed by atoms with Crippen LogP contribution in [0.3, 0.4) is 0 Å². The highest BCUT2D eigenvalue weighted by Gasteiger charge is 2.33. The average molecular weight is 513 g/mol. The van der Waals surface area contributed by atoms with Crippen LogP contribution in [0.4, 0.5) is 18.4 Å². The Kier molecular flexibility index (Phi) is 11.1. The minimum Gasteiger partial charge on any atom is -0.465 e. The van der Waals surface area contributed by atoms with Crippen molar-refractivity contribution in [2.75, 3.05) is 46.0 Å². The third-order valence-electron chi connectivity index (χ3n) is 6.81. The number of amides is 3. The van der Waals surface area contributed by atoms with Crippen molar-refractivity contribution in [3.8, 4) is 0 Å². The van der Waals surface area contributed by atoms with E-state index in [0.717, 1.165) is 51.4 Å². The third kappa shape index (κ3) is 8.86. The van der Waals surface area contributed by atoms with Crippen molar-refractivity contribution in [2.45, 2.75) is 51.0 Å². The van der Waals surface area contributed by atoms with Crippen molar-refractivity contribution in [1.29, 1.82) is 0 Å². The summed E-state index contributed by atoms with van der Waals surface area (Å²) in [5, 5.41) is 12.2. The number of hydrazine groups is 1. The zero-order valence-corrected chi connectivity index (χ0v) is 20.7. The summed E-state index contributed by atoms with van der Waals surface area (Å²) in [6, 6.07) is 2.93. The third-order valence-corrected chi connectivity index (χ3v) is 6.81. The quantitative estimate of drug-likeness (QED) is 0.190. The van der Waals surface area contributed by atoms with Crippen molar-refractivity contribution in [3.05, 3.63) is 35.4 Å². The molecule has 0 bridgehead atoms. The van der Waals surface area contributed by atoms with Crippen LogP contribution >= 0.6 is 0 Å². The molecule has 0 aliphatic carbocycles. The largest absolute Gasteiger partial charge is 0.465 e. The Labute approximate surface area is 210 Å². The first-order chi connectivity index (χ1) is 17.3. The Morgan fingerprint density at radius 2 is 2.00 bits per heavy atom. The second kappa shape index (κ2) is 14.3. The SMILES string of the molecule is NN(CCCC1CCCCOC1)C(=O)N1CCCC(C(OCCNC(=O)O)c2cc(F)cc(F)c2)C1. The summed E-state index contributed by atoms with van der Waals surface area (Å²) in [5.74, 6) is 4.93. The van der Waals surface area contributed by atoms with Crippen molar-refractivity contribution < 1.29 is 33.0 Å². The van der Waals surface area contributed by atoms with Gasteiger partial charge >= 0.3 is 12.1 Å². The number of carbonyl (C=O) groups is 2. The predicted molar refractivity (Wildman–Crippen MR) is 129 cm³/mol. The summed E-state index contributed by atoms with van der Waals surface area (Å²) in [5.41, 5.74) is 0.317. The van der Waals surface area contributed by atoms with Gasteiger partial charge in [0.25, 0.3) is 0 Å². The van der Waals surface area contributed by atoms with Gasteiger partial charge in [-0.3, -0.25) is 5.01 Å². The highest BCUT2D eigenvalue weighted by atomic mass is 19.1. The van der Waals surface area contributed by atoms with Crippen LogP contribution in [-0.2, 0) is 9.47 Å². The maximum atomic E-state index is 14.0. The first-order valence-corrected chi connectivity index (χ1v) is 12.8. The zero-order valence-electron chi connectivity index (χ0n) is 20.7. The molecule has 3 rings (SSSR count). The molecule has 2 heterocycles. The second-order valence-corrected chi connectivity index (χ2v) is 9.63. The lowest BCUT2D eigenvalue weighted by Crippen LogP contribution is -2.51. The van der Waals surface area contributed by atoms with Crippen molar-refractivity contribution >= 4 is 12.1 Å². The molecule has 36 heavy (non-hydrogen) atoms. The van der Waals surface area contributed by atoms with E-state index in [9.17, 15) is 18.4 Å². The maximum absolute atomic E-state index is 14.0. The van der Waals surface area contributed by atoms with Gasteiger partial charge in [0.05, 0.1) is 12.7 Å². The standard InChI is InChI=1S/C25H38F2N4O5/c26-21-13-20(14-22(27)15-21)23(36-12-8-29-24(32)33)19-7-4-9-30(16-19)25(34)31(28)10-3-6-18-5-1-2-11-35-17-18/h13-15,18-19,23,29H,1-12,16-17,28H2,(H,32,33). The number of benzene rings is 1. The summed E-state index contributed by atoms with van der Waals surface area (Å²) >= 11 is 0. The van der Waals surface area contributed by atoms with E-state index in [1.54, 1.807) is 4.90 Å². The fourth-order valence-electron chi connectivity index (χ4n) is 5.04. The van der Waals surface area contributed by atoms with E-state index < -0.39 is 23.8 Å². The predicted octanol–water partition coefficient (Wildman–Crippen LogP) is 3.89. The van der Waals surface area contributed by atoms with E-state index >= 15 is 0 Å². The molecule has 1 aromatic carbocycles. The number of halogens is 2. The molecule has 2 aliphatic heterocycles. The molecule has 1 aromatic rings. The Morgan fingerprint density at radius 3 is 2.75 bits per heavy atom. The van der Waals surface area contributed by atoms with Gasteiger partial charge in [0, 0.05) is 51.4 Å². The van der Waals surface area contributed by atoms with E-state index in [1.807, 2.05) is 0 Å². The Bertz CT molecular complexity index is 833. The lowest BCUT2D eigenvalue weighted by molar-refractivity contribution is -0.0108. The van der Waals surface area contributed by atoms with E-state index in [0.29, 0.717) is 44.0 Å². The molecule has 202 valence electrons. The molecular formula is C25H38F2N4O5. The molecular weight excluding hydrogens is 474 g/mol. The van der Waals surface area contributed by atoms with Crippen LogP contribution in [0.2, 0.25) is 0 Å². The van der Waals surface area contributed by atoms with Gasteiger partial charge in [-0.05, 0) is 62.1 Å². The fourth-order valence-corrected chi connectivity index (χ4v) is 5.04. The highest BCUT2D eigenvalue weighted by molar-refractivity contribution is 5.73. The van der Waals surface area contributed by atoms with E-state index in [1.165, 1.54) is 17.1 Å². The van der Waals surface area contributed by atoms with Gasteiger partial charge in [-0.2, -0.15) is 0 Å². The first-order valence-electron chi connectivity index (χ1n) is 12.8. The van der Waals surface area contributed by atoms with Gasteiger partial charge in [0.15, 0.2) is 0 Å². The first kappa shape index (κ1) is 28.1. The van der Waals surface area contributed by atoms with Gasteiger partial charge in [0.1, 0.15) is 11.6 Å². The number of hydrogen-bond acceptors (Lipinski definition) is 5. The normalized spacial score (nSPS) is 21.5. The fraction of sp³-hybridized carbons (Fsp3) is 0.680. The molecule has 9 nitrogen and oxygen atoms in total. The van der Waals surface area contributed by atoms with Crippen molar-refractivity contribution in [3.63, 3.8) is 0 Å². The monoisotopic (exact) mass is 512 g/mol. The number of nitrogens with one attached hydrogen (secondary N) is 1. The Balaban J connectivity index is 1.58. The molecule has 2 aliphatic rings. The molecule has 3 unspecified atom stereocenters. The number of nitrogens with zero attached hydrogens (tertiary/aromatic N) is 2. The summed E-state index contributed by atoms with van der Waals surface area (Å²) < 4.78 is 39.4. The van der Waals surface area contributed by atoms with Crippen LogP contribution < -0.4 is 11.2 Å². The van der Waals surface area contributed by atoms with Gasteiger partial charge in [0.2, 0.25) is 0 Å². The number of hydrogen-bond donors (Lipinski definition) is 3. The molecule has 3 atom stereocenters. The van der Waals surface area contributed by atoms with Crippen LogP contribution in [0.15, 0.2) is 18.2 Å². The number of likely N-dealkylation sites (tertiary alicyclic amines) is 1. The van der Waals surface area contributed by atoms with Gasteiger partial charge in [-0.15, -0.1) is 0 Å². The van der Waals surface area contributed by atoms with Crippen LogP contribution in [0, 0.1) is 23.5 Å². The topological polar surface area (TPSA) is 117 Å². The van der Waals surface area contributed by atoms with E-state index in [2.05, 4.69) is 5.32 Å². The minimum absolute atomic E-state index is 0.0213. The molecule has 0 spiro atoms. The molecule has 11 heteroatoms. The van der Waals surface area contributed by atoms with Gasteiger partial charge in [-0.1, -0.05) is 6.42 Å². The maximum Gasteiger partial charge on any atom is 0.404 e. The number of rotatable bonds is 10. The van der Waals surface area contributed by atoms with E-state index in [-0.39, 0.29) is 25.1 Å². The smallest absolute Gasteiger partial charge is 0.404 e. The second-order valence-electron chi connectivity index (χ2n) is 9.63. The average Bonchev–Trinajstić information content (AvgIpc) is 3.11. The number of piperidine rings is 1. The lowest BCUT2D eigenvalue weighted by atomic mass is 9.88. The summed E-state index contributed by atoms with van der Waals surface area (Å²) in [4.78, 5) is 25.4. The summed E-state index contributed by atoms with van der Waals surface area (Å²) in [6.45, 7) is 2.91. The number of carbonyl (C=O) groups excluding carboxylic acids is 1. The number of ether oxygens (including phenoxy) is 2. The van der Waals surface area contributed by atoms with Crippen molar-refractivity contribution in [1.82, 2.24) is 15.2 Å². The zero-order chi connectivity index (χ0) is 25.9. The van der Waals surface area contributed by atoms with Crippen LogP contribution in [-0.4, -0.2) is 73.1 Å². The molecule has 0 aromatic heterocycles. The van der Waals surface area contributed by atoms with Gasteiger partial charge < -0.3 is 24.8 Å². The Hall–Kier alpha value is -2.50. The molecule has 2 saturated heterocycles. The molecule has 3 amide bonds. The number of nitrogens with two attached hydrogens (primary N) is 1. The molecule has 2 fully saturated rings. The summed E-state index contributed by atoms with van der Waals surface area (Å²) in [7, 11) is 0. The number of carboxylic acid groups (broad SMARTS) is 1. The van der Waals surface area contributed by atoms with Crippen molar-refractivity contribution in [2.24, 2.45) is 17.7 Å². The van der Waals surface area contributed by atoms with Crippen LogP contribution in [0.1, 0.15) is 56.6 Å². The highest BCUT2D eigenvalue weighted by Crippen LogP contribution is 2.34. The Morgan fingerprint density at radius 1 is 1.22 bits per heavy atom.